The van der Waals surface area contributed by atoms with Crippen LogP contribution in [-0.2, 0) is 6.42 Å². The average Bonchev–Trinajstić information content (AvgIpc) is 2.78. The van der Waals surface area contributed by atoms with Crippen molar-refractivity contribution in [1.29, 1.82) is 0 Å². The first-order valence-electron chi connectivity index (χ1n) is 6.30. The highest BCUT2D eigenvalue weighted by atomic mass is 16.3. The van der Waals surface area contributed by atoms with Gasteiger partial charge in [0, 0.05) is 12.5 Å². The minimum atomic E-state index is 0.325. The minimum absolute atomic E-state index is 0.325. The summed E-state index contributed by atoms with van der Waals surface area (Å²) in [5, 5.41) is 0. The molecule has 1 atom stereocenters. The van der Waals surface area contributed by atoms with E-state index in [4.69, 9.17) is 10.3 Å². The van der Waals surface area contributed by atoms with Crippen LogP contribution in [0.25, 0.3) is 0 Å². The predicted octanol–water partition coefficient (Wildman–Crippen LogP) is 2.87. The van der Waals surface area contributed by atoms with Crippen molar-refractivity contribution in [1.82, 2.24) is 5.43 Å². The maximum atomic E-state index is 5.66. The van der Waals surface area contributed by atoms with E-state index in [0.29, 0.717) is 12.0 Å². The van der Waals surface area contributed by atoms with Gasteiger partial charge in [-0.15, -0.1) is 0 Å². The standard InChI is InChI=1S/C13H24N2O/c1-3-6-11(7-4-2)13(15-14)10-12-8-5-9-16-12/h5,8-9,11,13,15H,3-4,6-7,10,14H2,1-2H3. The van der Waals surface area contributed by atoms with Crippen LogP contribution >= 0.6 is 0 Å². The van der Waals surface area contributed by atoms with E-state index in [0.717, 1.165) is 12.2 Å². The highest BCUT2D eigenvalue weighted by molar-refractivity contribution is 5.01. The Labute approximate surface area is 98.4 Å². The van der Waals surface area contributed by atoms with Gasteiger partial charge in [0.1, 0.15) is 5.76 Å². The summed E-state index contributed by atoms with van der Waals surface area (Å²) >= 11 is 0. The van der Waals surface area contributed by atoms with Crippen LogP contribution in [0.1, 0.15) is 45.3 Å². The molecule has 1 unspecified atom stereocenters. The lowest BCUT2D eigenvalue weighted by Gasteiger charge is -2.25. The largest absolute Gasteiger partial charge is 0.469 e. The quantitative estimate of drug-likeness (QED) is 0.527. The maximum absolute atomic E-state index is 5.66. The second-order valence-electron chi connectivity index (χ2n) is 4.39. The van der Waals surface area contributed by atoms with Gasteiger partial charge in [0.2, 0.25) is 0 Å². The van der Waals surface area contributed by atoms with Crippen molar-refractivity contribution in [3.8, 4) is 0 Å². The third kappa shape index (κ3) is 3.99. The summed E-state index contributed by atoms with van der Waals surface area (Å²) in [5.41, 5.74) is 2.95. The SMILES string of the molecule is CCCC(CCC)C(Cc1ccco1)NN. The van der Waals surface area contributed by atoms with Crippen molar-refractivity contribution in [2.45, 2.75) is 52.0 Å². The summed E-state index contributed by atoms with van der Waals surface area (Å²) in [6.45, 7) is 4.45. The van der Waals surface area contributed by atoms with Gasteiger partial charge in [-0.2, -0.15) is 0 Å². The first-order chi connectivity index (χ1) is 7.81. The molecule has 3 N–H and O–H groups in total. The fraction of sp³-hybridized carbons (Fsp3) is 0.692. The third-order valence-corrected chi connectivity index (χ3v) is 3.10. The molecule has 1 aromatic rings. The number of hydrazine groups is 1. The van der Waals surface area contributed by atoms with Crippen LogP contribution in [0.5, 0.6) is 0 Å². The lowest BCUT2D eigenvalue weighted by atomic mass is 9.88. The normalized spacial score (nSPS) is 13.2. The van der Waals surface area contributed by atoms with E-state index in [2.05, 4.69) is 19.3 Å². The van der Waals surface area contributed by atoms with Crippen LogP contribution in [0, 0.1) is 5.92 Å². The molecule has 3 nitrogen and oxygen atoms in total. The summed E-state index contributed by atoms with van der Waals surface area (Å²) in [6.07, 6.45) is 7.47. The topological polar surface area (TPSA) is 51.2 Å². The van der Waals surface area contributed by atoms with Crippen LogP contribution in [0.2, 0.25) is 0 Å². The number of furan rings is 1. The Morgan fingerprint density at radius 1 is 1.31 bits per heavy atom. The van der Waals surface area contributed by atoms with Gasteiger partial charge < -0.3 is 4.42 Å². The van der Waals surface area contributed by atoms with Crippen molar-refractivity contribution in [2.24, 2.45) is 11.8 Å². The molecule has 92 valence electrons. The molecule has 0 bridgehead atoms. The number of nitrogens with two attached hydrogens (primary N) is 1. The van der Waals surface area contributed by atoms with Crippen LogP contribution < -0.4 is 11.3 Å². The molecule has 1 rings (SSSR count). The zero-order valence-electron chi connectivity index (χ0n) is 10.4. The summed E-state index contributed by atoms with van der Waals surface area (Å²) in [4.78, 5) is 0. The highest BCUT2D eigenvalue weighted by Crippen LogP contribution is 2.20. The number of hydrogen-bond donors (Lipinski definition) is 2. The Morgan fingerprint density at radius 3 is 2.44 bits per heavy atom. The lowest BCUT2D eigenvalue weighted by molar-refractivity contribution is 0.298. The van der Waals surface area contributed by atoms with Crippen molar-refractivity contribution >= 4 is 0 Å². The predicted molar refractivity (Wildman–Crippen MR) is 66.8 cm³/mol. The molecule has 0 amide bonds. The second-order valence-corrected chi connectivity index (χ2v) is 4.39. The average molecular weight is 224 g/mol. The molecule has 0 radical (unpaired) electrons. The highest BCUT2D eigenvalue weighted by Gasteiger charge is 2.20. The molecule has 0 aromatic carbocycles. The van der Waals surface area contributed by atoms with Gasteiger partial charge in [0.15, 0.2) is 0 Å². The fourth-order valence-corrected chi connectivity index (χ4v) is 2.30. The molecule has 0 aliphatic carbocycles. The van der Waals surface area contributed by atoms with Crippen molar-refractivity contribution < 1.29 is 4.42 Å². The van der Waals surface area contributed by atoms with Gasteiger partial charge in [-0.05, 0) is 30.9 Å². The van der Waals surface area contributed by atoms with E-state index in [1.807, 2.05) is 12.1 Å². The lowest BCUT2D eigenvalue weighted by Crippen LogP contribution is -2.42. The second kappa shape index (κ2) is 7.47. The Morgan fingerprint density at radius 2 is 2.00 bits per heavy atom. The van der Waals surface area contributed by atoms with E-state index in [-0.39, 0.29) is 0 Å². The van der Waals surface area contributed by atoms with Crippen molar-refractivity contribution in [2.75, 3.05) is 0 Å². The monoisotopic (exact) mass is 224 g/mol. The van der Waals surface area contributed by atoms with Crippen LogP contribution in [0.4, 0.5) is 0 Å². The van der Waals surface area contributed by atoms with Crippen LogP contribution in [0.3, 0.4) is 0 Å². The van der Waals surface area contributed by atoms with Gasteiger partial charge >= 0.3 is 0 Å². The number of hydrogen-bond acceptors (Lipinski definition) is 3. The van der Waals surface area contributed by atoms with E-state index >= 15 is 0 Å². The summed E-state index contributed by atoms with van der Waals surface area (Å²) in [7, 11) is 0. The molecular weight excluding hydrogens is 200 g/mol. The molecule has 0 saturated heterocycles. The summed E-state index contributed by atoms with van der Waals surface area (Å²) < 4.78 is 5.38. The molecule has 0 spiro atoms. The van der Waals surface area contributed by atoms with Crippen LogP contribution in [-0.4, -0.2) is 6.04 Å². The first-order valence-corrected chi connectivity index (χ1v) is 6.30. The van der Waals surface area contributed by atoms with Crippen molar-refractivity contribution in [3.05, 3.63) is 24.2 Å². The number of rotatable bonds is 8. The summed E-state index contributed by atoms with van der Waals surface area (Å²) in [5.74, 6) is 7.32. The fourth-order valence-electron chi connectivity index (χ4n) is 2.30. The van der Waals surface area contributed by atoms with Gasteiger partial charge in [-0.1, -0.05) is 26.7 Å². The third-order valence-electron chi connectivity index (χ3n) is 3.10. The van der Waals surface area contributed by atoms with Gasteiger partial charge in [0.05, 0.1) is 6.26 Å². The van der Waals surface area contributed by atoms with Gasteiger partial charge in [0.25, 0.3) is 0 Å². The zero-order valence-corrected chi connectivity index (χ0v) is 10.4. The molecule has 1 aromatic heterocycles. The number of nitrogens with one attached hydrogen (secondary N) is 1. The molecule has 1 heterocycles. The molecule has 0 saturated carbocycles. The van der Waals surface area contributed by atoms with E-state index in [1.54, 1.807) is 6.26 Å². The Bertz CT molecular complexity index is 253. The molecule has 3 heteroatoms. The van der Waals surface area contributed by atoms with E-state index in [9.17, 15) is 0 Å². The summed E-state index contributed by atoms with van der Waals surface area (Å²) in [6, 6.07) is 4.27. The molecule has 0 fully saturated rings. The zero-order chi connectivity index (χ0) is 11.8. The Balaban J connectivity index is 2.55. The molecule has 0 aliphatic rings. The smallest absolute Gasteiger partial charge is 0.105 e. The molecule has 16 heavy (non-hydrogen) atoms. The maximum Gasteiger partial charge on any atom is 0.105 e. The van der Waals surface area contributed by atoms with Crippen LogP contribution in [0.15, 0.2) is 22.8 Å². The minimum Gasteiger partial charge on any atom is -0.469 e. The molecular formula is C13H24N2O. The van der Waals surface area contributed by atoms with Crippen molar-refractivity contribution in [3.63, 3.8) is 0 Å². The van der Waals surface area contributed by atoms with Gasteiger partial charge in [-0.3, -0.25) is 11.3 Å². The Kier molecular flexibility index (Phi) is 6.19. The van der Waals surface area contributed by atoms with Gasteiger partial charge in [-0.25, -0.2) is 0 Å². The molecule has 0 aliphatic heterocycles. The Hall–Kier alpha value is -0.800. The first kappa shape index (κ1) is 13.3. The van der Waals surface area contributed by atoms with E-state index in [1.165, 1.54) is 25.7 Å². The van der Waals surface area contributed by atoms with E-state index < -0.39 is 0 Å².